The molecule has 0 heterocycles. The molecule has 0 radical (unpaired) electrons. The molecule has 0 aliphatic carbocycles. The molecule has 0 saturated heterocycles. The topological polar surface area (TPSA) is 73.9 Å². The van der Waals surface area contributed by atoms with Gasteiger partial charge in [-0.25, -0.2) is 4.79 Å². The second-order valence-corrected chi connectivity index (χ2v) is 5.94. The van der Waals surface area contributed by atoms with Crippen LogP contribution in [0, 0.1) is 0 Å². The fourth-order valence-electron chi connectivity index (χ4n) is 2.05. The van der Waals surface area contributed by atoms with E-state index >= 15 is 0 Å². The van der Waals surface area contributed by atoms with Crippen LogP contribution in [0.1, 0.15) is 17.3 Å². The number of hydrogen-bond donors (Lipinski definition) is 1. The largest absolute Gasteiger partial charge is 0.497 e. The Hall–Kier alpha value is -2.54. The normalized spacial score (nSPS) is 11.4. The van der Waals surface area contributed by atoms with Crippen molar-refractivity contribution in [2.75, 3.05) is 19.5 Å². The van der Waals surface area contributed by atoms with Crippen molar-refractivity contribution in [2.24, 2.45) is 0 Å². The zero-order chi connectivity index (χ0) is 18.4. The number of ether oxygens (including phenoxy) is 3. The summed E-state index contributed by atoms with van der Waals surface area (Å²) in [5.41, 5.74) is 0.775. The van der Waals surface area contributed by atoms with Crippen molar-refractivity contribution in [3.05, 3.63) is 52.5 Å². The third-order valence-corrected chi connectivity index (χ3v) is 4.10. The Kier molecular flexibility index (Phi) is 6.41. The molecule has 0 aliphatic heterocycles. The van der Waals surface area contributed by atoms with E-state index in [-0.39, 0.29) is 0 Å². The molecule has 1 atom stereocenters. The van der Waals surface area contributed by atoms with Crippen LogP contribution < -0.4 is 14.8 Å². The van der Waals surface area contributed by atoms with Crippen LogP contribution in [0.5, 0.6) is 11.5 Å². The first-order valence-electron chi connectivity index (χ1n) is 7.44. The highest BCUT2D eigenvalue weighted by molar-refractivity contribution is 9.10. The molecule has 7 heteroatoms. The Labute approximate surface area is 154 Å². The van der Waals surface area contributed by atoms with Gasteiger partial charge in [0.1, 0.15) is 11.5 Å². The van der Waals surface area contributed by atoms with Crippen LogP contribution in [0.15, 0.2) is 46.9 Å². The van der Waals surface area contributed by atoms with E-state index in [2.05, 4.69) is 21.2 Å². The number of halogens is 1. The number of hydrogen-bond acceptors (Lipinski definition) is 5. The number of benzene rings is 2. The first-order chi connectivity index (χ1) is 12.0. The van der Waals surface area contributed by atoms with Crippen LogP contribution in [0.2, 0.25) is 0 Å². The summed E-state index contributed by atoms with van der Waals surface area (Å²) in [5.74, 6) is -0.0351. The molecule has 0 spiro atoms. The van der Waals surface area contributed by atoms with Crippen molar-refractivity contribution in [1.29, 1.82) is 0 Å². The number of carbonyl (C=O) groups is 2. The third kappa shape index (κ3) is 4.73. The molecule has 2 aromatic rings. The van der Waals surface area contributed by atoms with Gasteiger partial charge in [-0.1, -0.05) is 12.1 Å². The highest BCUT2D eigenvalue weighted by Gasteiger charge is 2.21. The van der Waals surface area contributed by atoms with Gasteiger partial charge >= 0.3 is 5.97 Å². The van der Waals surface area contributed by atoms with Crippen LogP contribution in [-0.4, -0.2) is 32.2 Å². The van der Waals surface area contributed by atoms with Gasteiger partial charge in [-0.05, 0) is 47.1 Å². The lowest BCUT2D eigenvalue weighted by molar-refractivity contribution is -0.123. The van der Waals surface area contributed by atoms with Crippen molar-refractivity contribution in [2.45, 2.75) is 13.0 Å². The van der Waals surface area contributed by atoms with Gasteiger partial charge in [0, 0.05) is 10.5 Å². The van der Waals surface area contributed by atoms with E-state index in [1.165, 1.54) is 21.1 Å². The van der Waals surface area contributed by atoms with Gasteiger partial charge in [0.2, 0.25) is 0 Å². The molecule has 132 valence electrons. The lowest BCUT2D eigenvalue weighted by Gasteiger charge is -2.16. The summed E-state index contributed by atoms with van der Waals surface area (Å²) < 4.78 is 16.2. The molecular formula is C18H18BrNO5. The lowest BCUT2D eigenvalue weighted by atomic mass is 10.2. The van der Waals surface area contributed by atoms with Gasteiger partial charge in [-0.2, -0.15) is 0 Å². The first kappa shape index (κ1) is 18.8. The quantitative estimate of drug-likeness (QED) is 0.739. The number of methoxy groups -OCH3 is 2. The predicted molar refractivity (Wildman–Crippen MR) is 97.2 cm³/mol. The summed E-state index contributed by atoms with van der Waals surface area (Å²) in [6.45, 7) is 1.50. The second-order valence-electron chi connectivity index (χ2n) is 5.08. The van der Waals surface area contributed by atoms with Crippen molar-refractivity contribution in [1.82, 2.24) is 0 Å². The molecule has 6 nitrogen and oxygen atoms in total. The Morgan fingerprint density at radius 1 is 1.08 bits per heavy atom. The maximum absolute atomic E-state index is 12.3. The molecule has 2 aromatic carbocycles. The number of carbonyl (C=O) groups excluding carboxylic acids is 2. The molecule has 0 saturated carbocycles. The van der Waals surface area contributed by atoms with Crippen LogP contribution >= 0.6 is 15.9 Å². The minimum Gasteiger partial charge on any atom is -0.497 e. The average Bonchev–Trinajstić information content (AvgIpc) is 2.61. The summed E-state index contributed by atoms with van der Waals surface area (Å²) >= 11 is 3.28. The van der Waals surface area contributed by atoms with Gasteiger partial charge in [-0.15, -0.1) is 0 Å². The van der Waals surface area contributed by atoms with Gasteiger partial charge in [0.05, 0.1) is 25.5 Å². The highest BCUT2D eigenvalue weighted by atomic mass is 79.9. The fraction of sp³-hybridized carbons (Fsp3) is 0.222. The summed E-state index contributed by atoms with van der Waals surface area (Å²) in [7, 11) is 3.02. The molecule has 0 aliphatic rings. The third-order valence-electron chi connectivity index (χ3n) is 3.41. The van der Waals surface area contributed by atoms with E-state index in [1.54, 1.807) is 42.5 Å². The van der Waals surface area contributed by atoms with E-state index < -0.39 is 18.0 Å². The number of anilines is 1. The van der Waals surface area contributed by atoms with Gasteiger partial charge in [0.15, 0.2) is 6.10 Å². The molecule has 25 heavy (non-hydrogen) atoms. The zero-order valence-electron chi connectivity index (χ0n) is 14.0. The molecule has 0 fully saturated rings. The number of rotatable bonds is 6. The zero-order valence-corrected chi connectivity index (χ0v) is 15.6. The highest BCUT2D eigenvalue weighted by Crippen LogP contribution is 2.29. The van der Waals surface area contributed by atoms with E-state index in [0.29, 0.717) is 27.2 Å². The van der Waals surface area contributed by atoms with Crippen molar-refractivity contribution in [3.63, 3.8) is 0 Å². The van der Waals surface area contributed by atoms with E-state index in [4.69, 9.17) is 14.2 Å². The fourth-order valence-corrected chi connectivity index (χ4v) is 2.50. The smallest absolute Gasteiger partial charge is 0.340 e. The average molecular weight is 408 g/mol. The molecule has 0 aromatic heterocycles. The van der Waals surface area contributed by atoms with Crippen molar-refractivity contribution < 1.29 is 23.8 Å². The summed E-state index contributed by atoms with van der Waals surface area (Å²) in [6, 6.07) is 11.8. The summed E-state index contributed by atoms with van der Waals surface area (Å²) in [4.78, 5) is 24.5. The summed E-state index contributed by atoms with van der Waals surface area (Å²) in [5, 5.41) is 2.67. The SMILES string of the molecule is COc1ccc(OC)c(NC(=O)C(C)OC(=O)c2ccccc2Br)c1. The van der Waals surface area contributed by atoms with Gasteiger partial charge < -0.3 is 19.5 Å². The molecule has 1 N–H and O–H groups in total. The first-order valence-corrected chi connectivity index (χ1v) is 8.24. The van der Waals surface area contributed by atoms with Crippen LogP contribution in [0.3, 0.4) is 0 Å². The van der Waals surface area contributed by atoms with Gasteiger partial charge in [-0.3, -0.25) is 4.79 Å². The van der Waals surface area contributed by atoms with Crippen LogP contribution in [-0.2, 0) is 9.53 Å². The maximum atomic E-state index is 12.3. The molecule has 2 rings (SSSR count). The molecular weight excluding hydrogens is 390 g/mol. The lowest BCUT2D eigenvalue weighted by Crippen LogP contribution is -2.30. The Morgan fingerprint density at radius 2 is 1.80 bits per heavy atom. The minimum absolute atomic E-state index is 0.348. The molecule has 1 amide bonds. The Balaban J connectivity index is 2.08. The van der Waals surface area contributed by atoms with E-state index in [9.17, 15) is 9.59 Å². The predicted octanol–water partition coefficient (Wildman–Crippen LogP) is 3.65. The van der Waals surface area contributed by atoms with Crippen LogP contribution in [0.25, 0.3) is 0 Å². The summed E-state index contributed by atoms with van der Waals surface area (Å²) in [6.07, 6.45) is -0.990. The van der Waals surface area contributed by atoms with Crippen molar-refractivity contribution in [3.8, 4) is 11.5 Å². The maximum Gasteiger partial charge on any atom is 0.340 e. The number of amides is 1. The number of nitrogens with one attached hydrogen (secondary N) is 1. The van der Waals surface area contributed by atoms with E-state index in [0.717, 1.165) is 0 Å². The van der Waals surface area contributed by atoms with Crippen LogP contribution in [0.4, 0.5) is 5.69 Å². The second kappa shape index (κ2) is 8.53. The van der Waals surface area contributed by atoms with E-state index in [1.807, 2.05) is 0 Å². The number of esters is 1. The van der Waals surface area contributed by atoms with Crippen molar-refractivity contribution >= 4 is 33.5 Å². The molecule has 0 bridgehead atoms. The molecule has 1 unspecified atom stereocenters. The Morgan fingerprint density at radius 3 is 2.44 bits per heavy atom. The standard InChI is InChI=1S/C18H18BrNO5/c1-11(25-18(22)13-6-4-5-7-14(13)19)17(21)20-15-10-12(23-2)8-9-16(15)24-3/h4-11H,1-3H3,(H,20,21). The monoisotopic (exact) mass is 407 g/mol. The van der Waals surface area contributed by atoms with Gasteiger partial charge in [0.25, 0.3) is 5.91 Å². The Bertz CT molecular complexity index is 778. The minimum atomic E-state index is -0.990.